The molecule has 0 fully saturated rings. The van der Waals surface area contributed by atoms with E-state index in [1.54, 1.807) is 43.3 Å². The molecule has 0 radical (unpaired) electrons. The number of rotatable bonds is 6. The molecule has 0 amide bonds. The minimum atomic E-state index is -3.34. The van der Waals surface area contributed by atoms with Crippen LogP contribution >= 0.6 is 0 Å². The molecule has 0 spiro atoms. The predicted molar refractivity (Wildman–Crippen MR) is 90.2 cm³/mol. The van der Waals surface area contributed by atoms with Crippen molar-refractivity contribution in [3.8, 4) is 5.75 Å². The summed E-state index contributed by atoms with van der Waals surface area (Å²) in [5.74, 6) is 0.0968. The number of nitrogens with one attached hydrogen (secondary N) is 1. The molecule has 1 heterocycles. The topological polar surface area (TPSA) is 79.3 Å². The lowest BCUT2D eigenvalue weighted by Crippen LogP contribution is -2.33. The van der Waals surface area contributed by atoms with Gasteiger partial charge in [-0.3, -0.25) is 4.98 Å². The lowest BCUT2D eigenvalue weighted by molar-refractivity contribution is 0.455. The van der Waals surface area contributed by atoms with Crippen molar-refractivity contribution in [1.82, 2.24) is 10.3 Å². The minimum absolute atomic E-state index is 0.0113. The van der Waals surface area contributed by atoms with Crippen molar-refractivity contribution in [3.05, 3.63) is 53.3 Å². The summed E-state index contributed by atoms with van der Waals surface area (Å²) in [5, 5.41) is 12.9. The summed E-state index contributed by atoms with van der Waals surface area (Å²) >= 11 is 0. The Morgan fingerprint density at radius 2 is 1.78 bits per heavy atom. The van der Waals surface area contributed by atoms with E-state index in [9.17, 15) is 13.5 Å². The lowest BCUT2D eigenvalue weighted by Gasteiger charge is -2.15. The molecule has 5 nitrogen and oxygen atoms in total. The molecule has 23 heavy (non-hydrogen) atoms. The molecule has 0 aliphatic carbocycles. The van der Waals surface area contributed by atoms with E-state index in [4.69, 9.17) is 0 Å². The summed E-state index contributed by atoms with van der Waals surface area (Å²) < 4.78 is 24.8. The van der Waals surface area contributed by atoms with Crippen molar-refractivity contribution < 1.29 is 13.5 Å². The van der Waals surface area contributed by atoms with Crippen molar-refractivity contribution >= 4 is 9.84 Å². The van der Waals surface area contributed by atoms with Gasteiger partial charge in [-0.2, -0.15) is 0 Å². The number of hydrogen-bond acceptors (Lipinski definition) is 5. The van der Waals surface area contributed by atoms with E-state index in [-0.39, 0.29) is 17.5 Å². The number of sulfone groups is 1. The van der Waals surface area contributed by atoms with Crippen LogP contribution in [0.25, 0.3) is 0 Å². The number of aromatic nitrogens is 1. The first-order valence-corrected chi connectivity index (χ1v) is 9.11. The number of pyridine rings is 1. The van der Waals surface area contributed by atoms with E-state index < -0.39 is 9.84 Å². The van der Waals surface area contributed by atoms with Crippen LogP contribution in [0, 0.1) is 13.8 Å². The van der Waals surface area contributed by atoms with E-state index in [1.165, 1.54) is 0 Å². The summed E-state index contributed by atoms with van der Waals surface area (Å²) in [6.45, 7) is 5.88. The largest absolute Gasteiger partial charge is 0.506 e. The Balaban J connectivity index is 2.00. The molecule has 2 N–H and O–H groups in total. The van der Waals surface area contributed by atoms with Gasteiger partial charge in [-0.25, -0.2) is 8.42 Å². The summed E-state index contributed by atoms with van der Waals surface area (Å²) in [4.78, 5) is 4.57. The maximum atomic E-state index is 12.4. The van der Waals surface area contributed by atoms with Crippen molar-refractivity contribution in [2.75, 3.05) is 5.75 Å². The van der Waals surface area contributed by atoms with Crippen LogP contribution < -0.4 is 5.32 Å². The van der Waals surface area contributed by atoms with Gasteiger partial charge in [-0.05, 0) is 45.0 Å². The molecule has 0 aliphatic heterocycles. The third kappa shape index (κ3) is 4.77. The highest BCUT2D eigenvalue weighted by atomic mass is 32.2. The monoisotopic (exact) mass is 334 g/mol. The van der Waals surface area contributed by atoms with E-state index >= 15 is 0 Å². The molecule has 1 aromatic heterocycles. The second-order valence-corrected chi connectivity index (χ2v) is 7.83. The highest BCUT2D eigenvalue weighted by Crippen LogP contribution is 2.16. The Kier molecular flexibility index (Phi) is 5.38. The molecule has 6 heteroatoms. The Morgan fingerprint density at radius 1 is 1.13 bits per heavy atom. The smallest absolute Gasteiger partial charge is 0.179 e. The molecule has 1 aromatic carbocycles. The quantitative estimate of drug-likeness (QED) is 0.848. The molecule has 2 rings (SSSR count). The first kappa shape index (κ1) is 17.4. The van der Waals surface area contributed by atoms with Crippen LogP contribution in [0.5, 0.6) is 5.75 Å². The second-order valence-electron chi connectivity index (χ2n) is 5.79. The lowest BCUT2D eigenvalue weighted by atomic mass is 10.2. The van der Waals surface area contributed by atoms with Crippen LogP contribution in [0.15, 0.2) is 41.3 Å². The normalized spacial score (nSPS) is 13.0. The summed E-state index contributed by atoms with van der Waals surface area (Å²) in [5.41, 5.74) is 2.35. The zero-order valence-corrected chi connectivity index (χ0v) is 14.4. The van der Waals surface area contributed by atoms with Crippen LogP contribution in [0.2, 0.25) is 0 Å². The fourth-order valence-corrected chi connectivity index (χ4v) is 3.75. The van der Waals surface area contributed by atoms with Crippen molar-refractivity contribution in [2.24, 2.45) is 0 Å². The zero-order valence-electron chi connectivity index (χ0n) is 13.6. The summed E-state index contributed by atoms with van der Waals surface area (Å²) in [6, 6.07) is 9.90. The van der Waals surface area contributed by atoms with Crippen molar-refractivity contribution in [3.63, 3.8) is 0 Å². The van der Waals surface area contributed by atoms with Crippen LogP contribution in [0.1, 0.15) is 23.9 Å². The standard InChI is InChI=1S/C17H22N2O3S/c1-12-4-7-15(8-5-12)23(21,22)11-14(3)18-10-16-17(20)9-6-13(2)19-16/h4-9,14,18,20H,10-11H2,1-3H3. The summed E-state index contributed by atoms with van der Waals surface area (Å²) in [6.07, 6.45) is 0. The second kappa shape index (κ2) is 7.10. The number of aryl methyl sites for hydroxylation is 2. The van der Waals surface area contributed by atoms with Gasteiger partial charge in [0.05, 0.1) is 16.3 Å². The maximum Gasteiger partial charge on any atom is 0.179 e. The fourth-order valence-electron chi connectivity index (χ4n) is 2.23. The average Bonchev–Trinajstić information content (AvgIpc) is 2.48. The highest BCUT2D eigenvalue weighted by Gasteiger charge is 2.18. The van der Waals surface area contributed by atoms with Crippen LogP contribution in [-0.2, 0) is 16.4 Å². The van der Waals surface area contributed by atoms with Crippen LogP contribution in [0.3, 0.4) is 0 Å². The third-order valence-electron chi connectivity index (χ3n) is 3.56. The first-order valence-electron chi connectivity index (χ1n) is 7.46. The minimum Gasteiger partial charge on any atom is -0.506 e. The van der Waals surface area contributed by atoms with Gasteiger partial charge in [0.15, 0.2) is 9.84 Å². The third-order valence-corrected chi connectivity index (χ3v) is 5.49. The van der Waals surface area contributed by atoms with E-state index in [0.29, 0.717) is 17.1 Å². The highest BCUT2D eigenvalue weighted by molar-refractivity contribution is 7.91. The van der Waals surface area contributed by atoms with Crippen molar-refractivity contribution in [2.45, 2.75) is 38.3 Å². The molecule has 0 saturated carbocycles. The van der Waals surface area contributed by atoms with E-state index in [0.717, 1.165) is 11.3 Å². The van der Waals surface area contributed by atoms with Crippen LogP contribution in [0.4, 0.5) is 0 Å². The van der Waals surface area contributed by atoms with Gasteiger partial charge in [0, 0.05) is 18.3 Å². The zero-order chi connectivity index (χ0) is 17.0. The number of aromatic hydroxyl groups is 1. The van der Waals surface area contributed by atoms with E-state index in [2.05, 4.69) is 10.3 Å². The number of nitrogens with zero attached hydrogens (tertiary/aromatic N) is 1. The van der Waals surface area contributed by atoms with Crippen LogP contribution in [-0.4, -0.2) is 30.3 Å². The number of benzene rings is 1. The van der Waals surface area contributed by atoms with Gasteiger partial charge >= 0.3 is 0 Å². The molecule has 0 aliphatic rings. The predicted octanol–water partition coefficient (Wildman–Crippen LogP) is 2.36. The SMILES string of the molecule is Cc1ccc(S(=O)(=O)CC(C)NCc2nc(C)ccc2O)cc1. The Bertz CT molecular complexity index is 771. The maximum absolute atomic E-state index is 12.4. The molecular weight excluding hydrogens is 312 g/mol. The molecule has 0 saturated heterocycles. The molecule has 1 atom stereocenters. The fraction of sp³-hybridized carbons (Fsp3) is 0.353. The van der Waals surface area contributed by atoms with Gasteiger partial charge in [0.2, 0.25) is 0 Å². The average molecular weight is 334 g/mol. The molecule has 0 bridgehead atoms. The van der Waals surface area contributed by atoms with Gasteiger partial charge in [0.25, 0.3) is 0 Å². The Labute approximate surface area is 137 Å². The molecule has 1 unspecified atom stereocenters. The van der Waals surface area contributed by atoms with E-state index in [1.807, 2.05) is 13.8 Å². The van der Waals surface area contributed by atoms with Gasteiger partial charge < -0.3 is 10.4 Å². The van der Waals surface area contributed by atoms with Gasteiger partial charge in [-0.15, -0.1) is 0 Å². The van der Waals surface area contributed by atoms with Crippen molar-refractivity contribution in [1.29, 1.82) is 0 Å². The first-order chi connectivity index (χ1) is 10.8. The molecule has 2 aromatic rings. The molecule has 124 valence electrons. The van der Waals surface area contributed by atoms with Gasteiger partial charge in [-0.1, -0.05) is 17.7 Å². The van der Waals surface area contributed by atoms with Gasteiger partial charge in [0.1, 0.15) is 5.75 Å². The Hall–Kier alpha value is -1.92. The number of hydrogen-bond donors (Lipinski definition) is 2. The summed E-state index contributed by atoms with van der Waals surface area (Å²) in [7, 11) is -3.34. The Morgan fingerprint density at radius 3 is 2.43 bits per heavy atom. The molecular formula is C17H22N2O3S.